The fourth-order valence-electron chi connectivity index (χ4n) is 2.68. The first-order valence-corrected chi connectivity index (χ1v) is 7.33. The van der Waals surface area contributed by atoms with Crippen LogP contribution < -0.4 is 0 Å². The summed E-state index contributed by atoms with van der Waals surface area (Å²) < 4.78 is 5.27. The maximum absolute atomic E-state index is 11.6. The van der Waals surface area contributed by atoms with Crippen LogP contribution >= 0.6 is 11.8 Å². The summed E-state index contributed by atoms with van der Waals surface area (Å²) in [5.41, 5.74) is 0. The Morgan fingerprint density at radius 1 is 1.41 bits per heavy atom. The third-order valence-electron chi connectivity index (χ3n) is 3.73. The summed E-state index contributed by atoms with van der Waals surface area (Å²) in [6, 6.07) is 0. The van der Waals surface area contributed by atoms with E-state index in [0.29, 0.717) is 17.6 Å². The van der Waals surface area contributed by atoms with Crippen LogP contribution in [-0.2, 0) is 4.79 Å². The first-order chi connectivity index (χ1) is 8.24. The number of Topliss-reactive ketones (excluding diaryl/α,β-unsaturated/α-hetero) is 1. The minimum Gasteiger partial charge on any atom is -0.339 e. The van der Waals surface area contributed by atoms with Crippen molar-refractivity contribution < 1.29 is 9.32 Å². The van der Waals surface area contributed by atoms with E-state index in [0.717, 1.165) is 30.3 Å². The van der Waals surface area contributed by atoms with E-state index >= 15 is 0 Å². The van der Waals surface area contributed by atoms with Gasteiger partial charge in [0.05, 0.1) is 5.75 Å². The average Bonchev–Trinajstić information content (AvgIpc) is 2.97. The van der Waals surface area contributed by atoms with Gasteiger partial charge in [0.2, 0.25) is 5.89 Å². The molecule has 2 aliphatic rings. The van der Waals surface area contributed by atoms with Crippen LogP contribution in [0.4, 0.5) is 0 Å². The molecule has 92 valence electrons. The molecule has 17 heavy (non-hydrogen) atoms. The standard InChI is InChI=1S/C12H16N2O2S/c1-7-2-3-8(4-7)11-13-12(16-14-11)9-5-17-6-10(9)15/h7-9H,2-6H2,1H3. The molecule has 0 spiro atoms. The zero-order chi connectivity index (χ0) is 11.8. The number of carbonyl (C=O) groups excluding carboxylic acids is 1. The fraction of sp³-hybridized carbons (Fsp3) is 0.750. The SMILES string of the molecule is CC1CCC(c2noc(C3CSCC3=O)n2)C1. The van der Waals surface area contributed by atoms with Crippen molar-refractivity contribution in [3.63, 3.8) is 0 Å². The second-order valence-electron chi connectivity index (χ2n) is 5.14. The Morgan fingerprint density at radius 2 is 2.29 bits per heavy atom. The highest BCUT2D eigenvalue weighted by Gasteiger charge is 2.33. The number of hydrogen-bond acceptors (Lipinski definition) is 5. The lowest BCUT2D eigenvalue weighted by Crippen LogP contribution is -2.09. The molecule has 0 radical (unpaired) electrons. The molecule has 0 aromatic carbocycles. The molecule has 1 saturated carbocycles. The van der Waals surface area contributed by atoms with Crippen molar-refractivity contribution in [1.82, 2.24) is 10.1 Å². The zero-order valence-corrected chi connectivity index (χ0v) is 10.7. The van der Waals surface area contributed by atoms with Crippen molar-refractivity contribution in [1.29, 1.82) is 0 Å². The Bertz CT molecular complexity index is 432. The molecular formula is C12H16N2O2S. The minimum absolute atomic E-state index is 0.153. The van der Waals surface area contributed by atoms with E-state index in [4.69, 9.17) is 4.52 Å². The largest absolute Gasteiger partial charge is 0.339 e. The topological polar surface area (TPSA) is 56.0 Å². The number of thioether (sulfide) groups is 1. The Kier molecular flexibility index (Phi) is 2.94. The summed E-state index contributed by atoms with van der Waals surface area (Å²) in [4.78, 5) is 16.1. The number of hydrogen-bond donors (Lipinski definition) is 0. The lowest BCUT2D eigenvalue weighted by Gasteiger charge is -2.02. The van der Waals surface area contributed by atoms with Crippen LogP contribution in [0.3, 0.4) is 0 Å². The lowest BCUT2D eigenvalue weighted by atomic mass is 10.1. The molecule has 3 rings (SSSR count). The number of aromatic nitrogens is 2. The van der Waals surface area contributed by atoms with Crippen molar-refractivity contribution >= 4 is 17.5 Å². The number of ketones is 1. The van der Waals surface area contributed by atoms with Gasteiger partial charge < -0.3 is 4.52 Å². The molecule has 1 aromatic rings. The van der Waals surface area contributed by atoms with Gasteiger partial charge in [0.25, 0.3) is 0 Å². The van der Waals surface area contributed by atoms with E-state index in [-0.39, 0.29) is 11.7 Å². The lowest BCUT2D eigenvalue weighted by molar-refractivity contribution is -0.117. The maximum Gasteiger partial charge on any atom is 0.238 e. The van der Waals surface area contributed by atoms with E-state index in [9.17, 15) is 4.79 Å². The summed E-state index contributed by atoms with van der Waals surface area (Å²) in [7, 11) is 0. The van der Waals surface area contributed by atoms with Crippen LogP contribution in [0, 0.1) is 5.92 Å². The third-order valence-corrected chi connectivity index (χ3v) is 4.79. The van der Waals surface area contributed by atoms with Crippen LogP contribution in [0.2, 0.25) is 0 Å². The van der Waals surface area contributed by atoms with E-state index in [2.05, 4.69) is 17.1 Å². The van der Waals surface area contributed by atoms with E-state index in [1.807, 2.05) is 0 Å². The minimum atomic E-state index is -0.153. The highest BCUT2D eigenvalue weighted by Crippen LogP contribution is 2.37. The normalized spacial score (nSPS) is 33.5. The molecule has 1 aromatic heterocycles. The van der Waals surface area contributed by atoms with Gasteiger partial charge in [-0.3, -0.25) is 4.79 Å². The van der Waals surface area contributed by atoms with Crippen LogP contribution in [0.15, 0.2) is 4.52 Å². The second kappa shape index (κ2) is 4.44. The summed E-state index contributed by atoms with van der Waals surface area (Å²) in [6.45, 7) is 2.26. The van der Waals surface area contributed by atoms with Gasteiger partial charge in [-0.25, -0.2) is 0 Å². The van der Waals surface area contributed by atoms with Crippen molar-refractivity contribution in [3.8, 4) is 0 Å². The molecule has 0 bridgehead atoms. The van der Waals surface area contributed by atoms with Crippen molar-refractivity contribution in [2.24, 2.45) is 5.92 Å². The first kappa shape index (κ1) is 11.3. The molecule has 5 heteroatoms. The predicted octanol–water partition coefficient (Wildman–Crippen LogP) is 2.37. The van der Waals surface area contributed by atoms with E-state index < -0.39 is 0 Å². The Morgan fingerprint density at radius 3 is 2.94 bits per heavy atom. The average molecular weight is 252 g/mol. The molecule has 0 amide bonds. The molecule has 0 N–H and O–H groups in total. The number of carbonyl (C=O) groups is 1. The van der Waals surface area contributed by atoms with Gasteiger partial charge in [0, 0.05) is 11.7 Å². The smallest absolute Gasteiger partial charge is 0.238 e. The highest BCUT2D eigenvalue weighted by molar-refractivity contribution is 8.00. The van der Waals surface area contributed by atoms with Gasteiger partial charge in [-0.05, 0) is 25.2 Å². The maximum atomic E-state index is 11.6. The second-order valence-corrected chi connectivity index (χ2v) is 6.17. The molecule has 3 unspecified atom stereocenters. The third kappa shape index (κ3) is 2.12. The van der Waals surface area contributed by atoms with Gasteiger partial charge in [-0.15, -0.1) is 0 Å². The fourth-order valence-corrected chi connectivity index (χ4v) is 3.76. The molecular weight excluding hydrogens is 236 g/mol. The molecule has 1 aliphatic carbocycles. The summed E-state index contributed by atoms with van der Waals surface area (Å²) >= 11 is 1.65. The molecule has 2 fully saturated rings. The van der Waals surface area contributed by atoms with Gasteiger partial charge in [-0.2, -0.15) is 16.7 Å². The Hall–Kier alpha value is -0.840. The van der Waals surface area contributed by atoms with Crippen LogP contribution in [-0.4, -0.2) is 27.4 Å². The van der Waals surface area contributed by atoms with Crippen LogP contribution in [0.1, 0.15) is 49.7 Å². The molecule has 1 aliphatic heterocycles. The Balaban J connectivity index is 1.76. The van der Waals surface area contributed by atoms with Crippen molar-refractivity contribution in [2.45, 2.75) is 38.0 Å². The molecule has 4 nitrogen and oxygen atoms in total. The number of rotatable bonds is 2. The van der Waals surface area contributed by atoms with Crippen LogP contribution in [0.5, 0.6) is 0 Å². The monoisotopic (exact) mass is 252 g/mol. The van der Waals surface area contributed by atoms with Crippen LogP contribution in [0.25, 0.3) is 0 Å². The van der Waals surface area contributed by atoms with Gasteiger partial charge >= 0.3 is 0 Å². The zero-order valence-electron chi connectivity index (χ0n) is 9.89. The summed E-state index contributed by atoms with van der Waals surface area (Å²) in [6.07, 6.45) is 3.53. The van der Waals surface area contributed by atoms with E-state index in [1.165, 1.54) is 6.42 Å². The molecule has 3 atom stereocenters. The Labute approximate surface area is 105 Å². The van der Waals surface area contributed by atoms with E-state index in [1.54, 1.807) is 11.8 Å². The van der Waals surface area contributed by atoms with Gasteiger partial charge in [0.1, 0.15) is 5.92 Å². The van der Waals surface area contributed by atoms with Crippen molar-refractivity contribution in [3.05, 3.63) is 11.7 Å². The summed E-state index contributed by atoms with van der Waals surface area (Å²) in [5, 5.41) is 4.06. The first-order valence-electron chi connectivity index (χ1n) is 6.18. The number of nitrogens with zero attached hydrogens (tertiary/aromatic N) is 2. The van der Waals surface area contributed by atoms with Gasteiger partial charge in [-0.1, -0.05) is 12.1 Å². The highest BCUT2D eigenvalue weighted by atomic mass is 32.2. The van der Waals surface area contributed by atoms with Crippen molar-refractivity contribution in [2.75, 3.05) is 11.5 Å². The molecule has 1 saturated heterocycles. The molecule has 2 heterocycles. The quantitative estimate of drug-likeness (QED) is 0.808. The predicted molar refractivity (Wildman–Crippen MR) is 65.1 cm³/mol. The summed E-state index contributed by atoms with van der Waals surface area (Å²) in [5.74, 6) is 4.00. The van der Waals surface area contributed by atoms with Gasteiger partial charge in [0.15, 0.2) is 11.6 Å².